The molecule has 0 fully saturated rings. The maximum atomic E-state index is 5.66. The van der Waals surface area contributed by atoms with Crippen LogP contribution in [0.1, 0.15) is 0 Å². The van der Waals surface area contributed by atoms with Crippen molar-refractivity contribution in [2.45, 2.75) is 0 Å². The van der Waals surface area contributed by atoms with Crippen molar-refractivity contribution in [3.63, 3.8) is 0 Å². The predicted octanol–water partition coefficient (Wildman–Crippen LogP) is 1.87. The van der Waals surface area contributed by atoms with E-state index in [0.717, 1.165) is 0 Å². The Morgan fingerprint density at radius 2 is 1.94 bits per heavy atom. The van der Waals surface area contributed by atoms with Gasteiger partial charge in [0.05, 0.1) is 0 Å². The zero-order chi connectivity index (χ0) is 11.0. The minimum absolute atomic E-state index is 0.404. The molecule has 2 aromatic heterocycles. The van der Waals surface area contributed by atoms with Crippen molar-refractivity contribution < 1.29 is 4.42 Å². The molecule has 2 heterocycles. The lowest BCUT2D eigenvalue weighted by Gasteiger charge is -1.89. The number of hydrogen-bond acceptors (Lipinski definition) is 5. The smallest absolute Gasteiger partial charge is 0.266 e. The van der Waals surface area contributed by atoms with E-state index in [-0.39, 0.29) is 0 Å². The van der Waals surface area contributed by atoms with Crippen LogP contribution in [0.5, 0.6) is 0 Å². The van der Waals surface area contributed by atoms with Gasteiger partial charge in [-0.05, 0) is 24.3 Å². The van der Waals surface area contributed by atoms with Gasteiger partial charge in [0.2, 0.25) is 5.82 Å². The third-order valence-electron chi connectivity index (χ3n) is 2.17. The molecule has 0 amide bonds. The molecule has 0 spiro atoms. The number of aromatic nitrogens is 3. The van der Waals surface area contributed by atoms with Crippen molar-refractivity contribution in [2.75, 3.05) is 5.73 Å². The molecule has 0 aliphatic heterocycles. The van der Waals surface area contributed by atoms with E-state index in [2.05, 4.69) is 15.0 Å². The zero-order valence-corrected chi connectivity index (χ0v) is 8.29. The molecule has 16 heavy (non-hydrogen) atoms. The SMILES string of the molecule is Nc1ccc2oc(-c3ncccn3)nc2c1. The molecule has 3 aromatic rings. The number of oxazole rings is 1. The number of fused-ring (bicyclic) bond motifs is 1. The summed E-state index contributed by atoms with van der Waals surface area (Å²) in [7, 11) is 0. The minimum atomic E-state index is 0.404. The zero-order valence-electron chi connectivity index (χ0n) is 8.29. The third-order valence-corrected chi connectivity index (χ3v) is 2.17. The average Bonchev–Trinajstić information content (AvgIpc) is 2.73. The number of nitrogens with zero attached hydrogens (tertiary/aromatic N) is 3. The van der Waals surface area contributed by atoms with Gasteiger partial charge in [0, 0.05) is 18.1 Å². The van der Waals surface area contributed by atoms with Crippen LogP contribution < -0.4 is 5.73 Å². The van der Waals surface area contributed by atoms with Gasteiger partial charge in [-0.15, -0.1) is 0 Å². The lowest BCUT2D eigenvalue weighted by Crippen LogP contribution is -1.85. The van der Waals surface area contributed by atoms with Gasteiger partial charge >= 0.3 is 0 Å². The molecule has 0 saturated heterocycles. The van der Waals surface area contributed by atoms with E-state index in [0.29, 0.717) is 28.5 Å². The lowest BCUT2D eigenvalue weighted by molar-refractivity contribution is 0.613. The normalized spacial score (nSPS) is 10.8. The highest BCUT2D eigenvalue weighted by molar-refractivity contribution is 5.78. The summed E-state index contributed by atoms with van der Waals surface area (Å²) in [6, 6.07) is 7.04. The maximum Gasteiger partial charge on any atom is 0.266 e. The minimum Gasteiger partial charge on any atom is -0.434 e. The fourth-order valence-corrected chi connectivity index (χ4v) is 1.45. The Bertz CT molecular complexity index is 633. The maximum absolute atomic E-state index is 5.66. The lowest BCUT2D eigenvalue weighted by atomic mass is 10.3. The van der Waals surface area contributed by atoms with Crippen molar-refractivity contribution in [3.8, 4) is 11.7 Å². The quantitative estimate of drug-likeness (QED) is 0.623. The Morgan fingerprint density at radius 3 is 2.75 bits per heavy atom. The topological polar surface area (TPSA) is 77.8 Å². The van der Waals surface area contributed by atoms with Gasteiger partial charge in [-0.1, -0.05) is 0 Å². The van der Waals surface area contributed by atoms with Gasteiger partial charge in [0.15, 0.2) is 5.58 Å². The number of nitrogens with two attached hydrogens (primary N) is 1. The van der Waals surface area contributed by atoms with Crippen LogP contribution >= 0.6 is 0 Å². The van der Waals surface area contributed by atoms with Crippen LogP contribution in [0.3, 0.4) is 0 Å². The molecule has 0 aliphatic rings. The highest BCUT2D eigenvalue weighted by Crippen LogP contribution is 2.22. The summed E-state index contributed by atoms with van der Waals surface area (Å²) in [6.07, 6.45) is 3.29. The number of anilines is 1. The highest BCUT2D eigenvalue weighted by atomic mass is 16.3. The Morgan fingerprint density at radius 1 is 1.12 bits per heavy atom. The van der Waals surface area contributed by atoms with Crippen molar-refractivity contribution >= 4 is 16.8 Å². The first-order valence-corrected chi connectivity index (χ1v) is 4.76. The predicted molar refractivity (Wildman–Crippen MR) is 59.4 cm³/mol. The molecule has 0 radical (unpaired) electrons. The fourth-order valence-electron chi connectivity index (χ4n) is 1.45. The summed E-state index contributed by atoms with van der Waals surface area (Å²) in [5, 5.41) is 0. The monoisotopic (exact) mass is 212 g/mol. The number of rotatable bonds is 1. The van der Waals surface area contributed by atoms with Gasteiger partial charge < -0.3 is 10.2 Å². The molecule has 0 atom stereocenters. The van der Waals surface area contributed by atoms with E-state index in [4.69, 9.17) is 10.2 Å². The van der Waals surface area contributed by atoms with Crippen molar-refractivity contribution in [1.82, 2.24) is 15.0 Å². The van der Waals surface area contributed by atoms with Gasteiger partial charge in [-0.3, -0.25) is 0 Å². The van der Waals surface area contributed by atoms with Crippen LogP contribution in [0, 0.1) is 0 Å². The molecular weight excluding hydrogens is 204 g/mol. The summed E-state index contributed by atoms with van der Waals surface area (Å²) in [5.41, 5.74) is 7.70. The van der Waals surface area contributed by atoms with E-state index in [1.54, 1.807) is 36.7 Å². The molecule has 0 aliphatic carbocycles. The highest BCUT2D eigenvalue weighted by Gasteiger charge is 2.09. The summed E-state index contributed by atoms with van der Waals surface area (Å²) >= 11 is 0. The van der Waals surface area contributed by atoms with Crippen LogP contribution in [0.15, 0.2) is 41.1 Å². The molecule has 1 aromatic carbocycles. The summed E-state index contributed by atoms with van der Waals surface area (Å²) in [5.74, 6) is 0.874. The van der Waals surface area contributed by atoms with Crippen LogP contribution in [0.4, 0.5) is 5.69 Å². The van der Waals surface area contributed by atoms with Crippen LogP contribution in [-0.2, 0) is 0 Å². The first-order valence-electron chi connectivity index (χ1n) is 4.76. The number of hydrogen-bond donors (Lipinski definition) is 1. The van der Waals surface area contributed by atoms with Gasteiger partial charge in [0.25, 0.3) is 5.89 Å². The first-order chi connectivity index (χ1) is 7.83. The van der Waals surface area contributed by atoms with Crippen LogP contribution in [-0.4, -0.2) is 15.0 Å². The van der Waals surface area contributed by atoms with Crippen LogP contribution in [0.2, 0.25) is 0 Å². The van der Waals surface area contributed by atoms with Gasteiger partial charge in [-0.25, -0.2) is 15.0 Å². The van der Waals surface area contributed by atoms with Crippen LogP contribution in [0.25, 0.3) is 22.8 Å². The molecule has 3 rings (SSSR count). The van der Waals surface area contributed by atoms with E-state index >= 15 is 0 Å². The van der Waals surface area contributed by atoms with Gasteiger partial charge in [-0.2, -0.15) is 0 Å². The van der Waals surface area contributed by atoms with Crippen molar-refractivity contribution in [3.05, 3.63) is 36.7 Å². The second-order valence-electron chi connectivity index (χ2n) is 3.32. The summed E-state index contributed by atoms with van der Waals surface area (Å²) in [6.45, 7) is 0. The Kier molecular flexibility index (Phi) is 1.83. The van der Waals surface area contributed by atoms with E-state index in [9.17, 15) is 0 Å². The molecule has 2 N–H and O–H groups in total. The average molecular weight is 212 g/mol. The molecule has 5 heteroatoms. The first kappa shape index (κ1) is 8.84. The number of nitrogen functional groups attached to an aromatic ring is 1. The van der Waals surface area contributed by atoms with E-state index in [1.807, 2.05) is 0 Å². The van der Waals surface area contributed by atoms with E-state index < -0.39 is 0 Å². The second kappa shape index (κ2) is 3.30. The molecule has 0 saturated carbocycles. The Hall–Kier alpha value is -2.43. The molecule has 5 nitrogen and oxygen atoms in total. The van der Waals surface area contributed by atoms with Crippen molar-refractivity contribution in [1.29, 1.82) is 0 Å². The summed E-state index contributed by atoms with van der Waals surface area (Å²) in [4.78, 5) is 12.4. The fraction of sp³-hybridized carbons (Fsp3) is 0. The van der Waals surface area contributed by atoms with Crippen molar-refractivity contribution in [2.24, 2.45) is 0 Å². The Labute approximate surface area is 91.0 Å². The van der Waals surface area contributed by atoms with Gasteiger partial charge in [0.1, 0.15) is 5.52 Å². The van der Waals surface area contributed by atoms with E-state index in [1.165, 1.54) is 0 Å². The molecule has 0 bridgehead atoms. The molecule has 78 valence electrons. The largest absolute Gasteiger partial charge is 0.434 e. The molecular formula is C11H8N4O. The summed E-state index contributed by atoms with van der Waals surface area (Å²) < 4.78 is 5.52. The standard InChI is InChI=1S/C11H8N4O/c12-7-2-3-9-8(6-7)15-11(16-9)10-13-4-1-5-14-10/h1-6H,12H2. The number of benzene rings is 1. The third kappa shape index (κ3) is 1.38. The Balaban J connectivity index is 2.19. The second-order valence-corrected chi connectivity index (χ2v) is 3.32. The molecule has 0 unspecified atom stereocenters.